The average Bonchev–Trinajstić information content (AvgIpc) is 3.08. The molecule has 0 aliphatic rings. The van der Waals surface area contributed by atoms with E-state index in [0.717, 1.165) is 5.69 Å². The first-order chi connectivity index (χ1) is 12.8. The van der Waals surface area contributed by atoms with Crippen molar-refractivity contribution in [3.05, 3.63) is 59.9 Å². The van der Waals surface area contributed by atoms with Crippen LogP contribution in [0.1, 0.15) is 26.3 Å². The fraction of sp³-hybridized carbons (Fsp3) is 0.263. The van der Waals surface area contributed by atoms with E-state index in [1.807, 2.05) is 24.3 Å². The van der Waals surface area contributed by atoms with E-state index in [1.54, 1.807) is 12.1 Å². The van der Waals surface area contributed by atoms with Crippen molar-refractivity contribution in [3.63, 3.8) is 0 Å². The van der Waals surface area contributed by atoms with E-state index in [1.165, 1.54) is 34.1 Å². The Morgan fingerprint density at radius 2 is 1.93 bits per heavy atom. The number of carbonyl (C=O) groups is 1. The lowest BCUT2D eigenvalue weighted by molar-refractivity contribution is -0.113. The fourth-order valence-electron chi connectivity index (χ4n) is 2.42. The standard InChI is InChI=1S/C19H20FN5OS/c1-19(2,3)13-7-9-15(10-8-13)21-17(26)12-27-18-22-23-24-25(18)16-6-4-5-14(20)11-16/h4-11H,12H2,1-3H3,(H,21,26). The molecule has 0 fully saturated rings. The van der Waals surface area contributed by atoms with E-state index in [9.17, 15) is 9.18 Å². The highest BCUT2D eigenvalue weighted by molar-refractivity contribution is 7.99. The third-order valence-corrected chi connectivity index (χ3v) is 4.78. The largest absolute Gasteiger partial charge is 0.325 e. The molecule has 0 aliphatic heterocycles. The first-order valence-corrected chi connectivity index (χ1v) is 9.39. The number of carbonyl (C=O) groups excluding carboxylic acids is 1. The zero-order valence-corrected chi connectivity index (χ0v) is 16.1. The second kappa shape index (κ2) is 7.87. The number of hydrogen-bond donors (Lipinski definition) is 1. The average molecular weight is 385 g/mol. The first kappa shape index (κ1) is 19.0. The molecule has 27 heavy (non-hydrogen) atoms. The molecular formula is C19H20FN5OS. The molecule has 1 heterocycles. The molecule has 2 aromatic carbocycles. The van der Waals surface area contributed by atoms with Crippen LogP contribution < -0.4 is 5.32 Å². The van der Waals surface area contributed by atoms with E-state index < -0.39 is 0 Å². The van der Waals surface area contributed by atoms with Crippen LogP contribution in [0.4, 0.5) is 10.1 Å². The number of thioether (sulfide) groups is 1. The van der Waals surface area contributed by atoms with Gasteiger partial charge in [0.25, 0.3) is 0 Å². The van der Waals surface area contributed by atoms with Gasteiger partial charge < -0.3 is 5.32 Å². The van der Waals surface area contributed by atoms with Crippen LogP contribution >= 0.6 is 11.8 Å². The van der Waals surface area contributed by atoms with Crippen molar-refractivity contribution in [2.75, 3.05) is 11.1 Å². The highest BCUT2D eigenvalue weighted by Gasteiger charge is 2.14. The van der Waals surface area contributed by atoms with Crippen LogP contribution in [0.2, 0.25) is 0 Å². The Labute approximate surface area is 161 Å². The van der Waals surface area contributed by atoms with Crippen LogP contribution in [0.3, 0.4) is 0 Å². The van der Waals surface area contributed by atoms with Gasteiger partial charge in [-0.1, -0.05) is 50.7 Å². The van der Waals surface area contributed by atoms with Crippen LogP contribution in [-0.4, -0.2) is 31.9 Å². The van der Waals surface area contributed by atoms with Crippen LogP contribution in [0, 0.1) is 5.82 Å². The summed E-state index contributed by atoms with van der Waals surface area (Å²) in [4.78, 5) is 12.2. The number of aromatic nitrogens is 4. The highest BCUT2D eigenvalue weighted by atomic mass is 32.2. The monoisotopic (exact) mass is 385 g/mol. The van der Waals surface area contributed by atoms with Gasteiger partial charge >= 0.3 is 0 Å². The molecule has 1 N–H and O–H groups in total. The molecule has 0 unspecified atom stereocenters. The van der Waals surface area contributed by atoms with Crippen molar-refractivity contribution in [2.24, 2.45) is 0 Å². The Morgan fingerprint density at radius 1 is 1.19 bits per heavy atom. The number of benzene rings is 2. The van der Waals surface area contributed by atoms with Gasteiger partial charge in [-0.25, -0.2) is 4.39 Å². The Morgan fingerprint density at radius 3 is 2.59 bits per heavy atom. The van der Waals surface area contributed by atoms with Crippen molar-refractivity contribution in [1.82, 2.24) is 20.2 Å². The van der Waals surface area contributed by atoms with Gasteiger partial charge in [0.05, 0.1) is 11.4 Å². The maximum atomic E-state index is 13.4. The van der Waals surface area contributed by atoms with Gasteiger partial charge in [0.1, 0.15) is 5.82 Å². The normalized spacial score (nSPS) is 11.4. The number of amides is 1. The topological polar surface area (TPSA) is 72.7 Å². The van der Waals surface area contributed by atoms with Crippen LogP contribution in [0.5, 0.6) is 0 Å². The van der Waals surface area contributed by atoms with Gasteiger partial charge in [-0.05, 0) is 51.7 Å². The van der Waals surface area contributed by atoms with Crippen molar-refractivity contribution >= 4 is 23.4 Å². The molecule has 0 bridgehead atoms. The molecule has 140 valence electrons. The molecule has 1 amide bonds. The van der Waals surface area contributed by atoms with Crippen molar-refractivity contribution in [1.29, 1.82) is 0 Å². The summed E-state index contributed by atoms with van der Waals surface area (Å²) in [5.41, 5.74) is 2.50. The number of rotatable bonds is 5. The van der Waals surface area contributed by atoms with Crippen molar-refractivity contribution in [3.8, 4) is 5.69 Å². The van der Waals surface area contributed by atoms with Gasteiger partial charge in [-0.3, -0.25) is 4.79 Å². The Kier molecular flexibility index (Phi) is 5.55. The quantitative estimate of drug-likeness (QED) is 0.676. The second-order valence-corrected chi connectivity index (χ2v) is 7.96. The summed E-state index contributed by atoms with van der Waals surface area (Å²) >= 11 is 1.18. The third-order valence-electron chi connectivity index (χ3n) is 3.86. The molecule has 0 atom stereocenters. The number of halogens is 1. The lowest BCUT2D eigenvalue weighted by atomic mass is 9.87. The molecule has 0 radical (unpaired) electrons. The first-order valence-electron chi connectivity index (χ1n) is 8.40. The lowest BCUT2D eigenvalue weighted by Gasteiger charge is -2.19. The summed E-state index contributed by atoms with van der Waals surface area (Å²) < 4.78 is 14.8. The summed E-state index contributed by atoms with van der Waals surface area (Å²) in [6.07, 6.45) is 0. The summed E-state index contributed by atoms with van der Waals surface area (Å²) in [5.74, 6) is -0.413. The highest BCUT2D eigenvalue weighted by Crippen LogP contribution is 2.24. The number of nitrogens with zero attached hydrogens (tertiary/aromatic N) is 4. The summed E-state index contributed by atoms with van der Waals surface area (Å²) in [7, 11) is 0. The van der Waals surface area contributed by atoms with E-state index in [4.69, 9.17) is 0 Å². The molecule has 3 rings (SSSR count). The fourth-order valence-corrected chi connectivity index (χ4v) is 3.11. The molecule has 6 nitrogen and oxygen atoms in total. The minimum Gasteiger partial charge on any atom is -0.325 e. The van der Waals surface area contributed by atoms with Crippen LogP contribution in [-0.2, 0) is 10.2 Å². The molecule has 0 aliphatic carbocycles. The van der Waals surface area contributed by atoms with Crippen molar-refractivity contribution in [2.45, 2.75) is 31.3 Å². The Bertz CT molecular complexity index is 934. The minimum atomic E-state index is -0.379. The molecule has 3 aromatic rings. The molecule has 8 heteroatoms. The molecule has 0 saturated heterocycles. The third kappa shape index (κ3) is 4.91. The number of tetrazole rings is 1. The zero-order valence-electron chi connectivity index (χ0n) is 15.3. The summed E-state index contributed by atoms with van der Waals surface area (Å²) in [5, 5.41) is 14.6. The second-order valence-electron chi connectivity index (χ2n) is 7.02. The SMILES string of the molecule is CC(C)(C)c1ccc(NC(=O)CSc2nnnn2-c2cccc(F)c2)cc1. The van der Waals surface area contributed by atoms with Gasteiger partial charge in [-0.2, -0.15) is 4.68 Å². The Hall–Kier alpha value is -2.74. The Balaban J connectivity index is 1.61. The van der Waals surface area contributed by atoms with Crippen LogP contribution in [0.25, 0.3) is 5.69 Å². The zero-order chi connectivity index (χ0) is 19.4. The molecule has 1 aromatic heterocycles. The minimum absolute atomic E-state index is 0.0619. The molecule has 0 saturated carbocycles. The molecular weight excluding hydrogens is 365 g/mol. The van der Waals surface area contributed by atoms with E-state index in [-0.39, 0.29) is 22.9 Å². The van der Waals surface area contributed by atoms with Gasteiger partial charge in [0.2, 0.25) is 11.1 Å². The van der Waals surface area contributed by atoms with Crippen LogP contribution in [0.15, 0.2) is 53.7 Å². The predicted molar refractivity (Wildman–Crippen MR) is 104 cm³/mol. The summed E-state index contributed by atoms with van der Waals surface area (Å²) in [6, 6.07) is 13.7. The number of anilines is 1. The number of hydrogen-bond acceptors (Lipinski definition) is 5. The molecule has 0 spiro atoms. The maximum Gasteiger partial charge on any atom is 0.234 e. The van der Waals surface area contributed by atoms with E-state index in [0.29, 0.717) is 10.8 Å². The van der Waals surface area contributed by atoms with E-state index >= 15 is 0 Å². The van der Waals surface area contributed by atoms with Crippen molar-refractivity contribution < 1.29 is 9.18 Å². The number of nitrogens with one attached hydrogen (secondary N) is 1. The van der Waals surface area contributed by atoms with Gasteiger partial charge in [0.15, 0.2) is 0 Å². The summed E-state index contributed by atoms with van der Waals surface area (Å²) in [6.45, 7) is 6.42. The van der Waals surface area contributed by atoms with E-state index in [2.05, 4.69) is 41.6 Å². The maximum absolute atomic E-state index is 13.4. The van der Waals surface area contributed by atoms with Gasteiger partial charge in [-0.15, -0.1) is 5.10 Å². The predicted octanol–water partition coefficient (Wildman–Crippen LogP) is 3.83. The smallest absolute Gasteiger partial charge is 0.234 e. The van der Waals surface area contributed by atoms with Gasteiger partial charge in [0, 0.05) is 5.69 Å². The lowest BCUT2D eigenvalue weighted by Crippen LogP contribution is -2.15.